The maximum atomic E-state index is 11.3. The average molecular weight is 197 g/mol. The van der Waals surface area contributed by atoms with Gasteiger partial charge >= 0.3 is 5.97 Å². The summed E-state index contributed by atoms with van der Waals surface area (Å²) >= 11 is 0. The van der Waals surface area contributed by atoms with Crippen LogP contribution in [0.4, 0.5) is 0 Å². The molecule has 0 aliphatic carbocycles. The van der Waals surface area contributed by atoms with E-state index in [0.29, 0.717) is 12.2 Å². The van der Waals surface area contributed by atoms with E-state index in [0.717, 1.165) is 0 Å². The molecule has 0 unspecified atom stereocenters. The van der Waals surface area contributed by atoms with Crippen LogP contribution in [-0.2, 0) is 16.0 Å². The lowest BCUT2D eigenvalue weighted by atomic mass is 10.2. The Balaban J connectivity index is 2.65. The standard InChI is InChI=1S/C9H11NO4/c1-3-6-4-7(10-14-6)8(11)5-9(12)13-2/h4H,3,5H2,1-2H3. The van der Waals surface area contributed by atoms with E-state index in [-0.39, 0.29) is 17.9 Å². The molecule has 14 heavy (non-hydrogen) atoms. The van der Waals surface area contributed by atoms with Gasteiger partial charge in [0.2, 0.25) is 0 Å². The molecule has 0 amide bonds. The average Bonchev–Trinajstić information content (AvgIpc) is 2.65. The first-order valence-electron chi connectivity index (χ1n) is 4.23. The van der Waals surface area contributed by atoms with Gasteiger partial charge in [0, 0.05) is 12.5 Å². The van der Waals surface area contributed by atoms with Crippen molar-refractivity contribution in [1.29, 1.82) is 0 Å². The molecular weight excluding hydrogens is 186 g/mol. The molecule has 0 atom stereocenters. The molecular formula is C9H11NO4. The van der Waals surface area contributed by atoms with Gasteiger partial charge < -0.3 is 9.26 Å². The maximum absolute atomic E-state index is 11.3. The molecule has 76 valence electrons. The van der Waals surface area contributed by atoms with Crippen molar-refractivity contribution < 1.29 is 18.8 Å². The van der Waals surface area contributed by atoms with Crippen molar-refractivity contribution >= 4 is 11.8 Å². The zero-order valence-corrected chi connectivity index (χ0v) is 8.07. The molecule has 0 saturated carbocycles. The van der Waals surface area contributed by atoms with Gasteiger partial charge in [-0.25, -0.2) is 0 Å². The molecule has 0 aliphatic heterocycles. The second kappa shape index (κ2) is 4.55. The van der Waals surface area contributed by atoms with Crippen LogP contribution in [0.3, 0.4) is 0 Å². The van der Waals surface area contributed by atoms with Gasteiger partial charge in [0.15, 0.2) is 5.78 Å². The van der Waals surface area contributed by atoms with Crippen LogP contribution >= 0.6 is 0 Å². The van der Waals surface area contributed by atoms with Crippen molar-refractivity contribution in [1.82, 2.24) is 5.16 Å². The summed E-state index contributed by atoms with van der Waals surface area (Å²) in [5.74, 6) is -0.338. The summed E-state index contributed by atoms with van der Waals surface area (Å²) in [7, 11) is 1.23. The first-order valence-corrected chi connectivity index (χ1v) is 4.23. The second-order valence-electron chi connectivity index (χ2n) is 2.71. The fourth-order valence-electron chi connectivity index (χ4n) is 0.905. The lowest BCUT2D eigenvalue weighted by Crippen LogP contribution is -2.09. The van der Waals surface area contributed by atoms with E-state index in [9.17, 15) is 9.59 Å². The number of hydrogen-bond donors (Lipinski definition) is 0. The SMILES string of the molecule is CCc1cc(C(=O)CC(=O)OC)no1. The Morgan fingerprint density at radius 2 is 2.29 bits per heavy atom. The molecule has 5 nitrogen and oxygen atoms in total. The fourth-order valence-corrected chi connectivity index (χ4v) is 0.905. The van der Waals surface area contributed by atoms with Gasteiger partial charge in [-0.15, -0.1) is 0 Å². The van der Waals surface area contributed by atoms with Crippen LogP contribution in [0.2, 0.25) is 0 Å². The zero-order chi connectivity index (χ0) is 10.6. The van der Waals surface area contributed by atoms with Gasteiger partial charge in [0.1, 0.15) is 17.9 Å². The largest absolute Gasteiger partial charge is 0.469 e. The van der Waals surface area contributed by atoms with Crippen molar-refractivity contribution in [2.24, 2.45) is 0 Å². The van der Waals surface area contributed by atoms with Crippen LogP contribution in [0.25, 0.3) is 0 Å². The number of hydrogen-bond acceptors (Lipinski definition) is 5. The minimum atomic E-state index is -0.573. The molecule has 5 heteroatoms. The number of ether oxygens (including phenoxy) is 1. The van der Waals surface area contributed by atoms with Crippen molar-refractivity contribution in [3.05, 3.63) is 17.5 Å². The van der Waals surface area contributed by atoms with Crippen LogP contribution < -0.4 is 0 Å². The van der Waals surface area contributed by atoms with E-state index in [2.05, 4.69) is 9.89 Å². The third kappa shape index (κ3) is 2.42. The maximum Gasteiger partial charge on any atom is 0.313 e. The lowest BCUT2D eigenvalue weighted by Gasteiger charge is -1.94. The summed E-state index contributed by atoms with van der Waals surface area (Å²) in [5.41, 5.74) is 0.173. The van der Waals surface area contributed by atoms with Crippen LogP contribution in [0.15, 0.2) is 10.6 Å². The molecule has 1 aromatic heterocycles. The number of carbonyl (C=O) groups excluding carboxylic acids is 2. The van der Waals surface area contributed by atoms with Gasteiger partial charge in [-0.2, -0.15) is 0 Å². The van der Waals surface area contributed by atoms with Gasteiger partial charge in [0.25, 0.3) is 0 Å². The topological polar surface area (TPSA) is 69.4 Å². The van der Waals surface area contributed by atoms with Crippen LogP contribution in [0.1, 0.15) is 29.6 Å². The Labute approximate surface area is 81.0 Å². The van der Waals surface area contributed by atoms with Crippen LogP contribution in [0, 0.1) is 0 Å². The highest BCUT2D eigenvalue weighted by Crippen LogP contribution is 2.06. The third-order valence-electron chi connectivity index (χ3n) is 1.73. The quantitative estimate of drug-likeness (QED) is 0.409. The number of ketones is 1. The van der Waals surface area contributed by atoms with Crippen molar-refractivity contribution in [2.75, 3.05) is 7.11 Å². The molecule has 1 rings (SSSR count). The van der Waals surface area contributed by atoms with Crippen molar-refractivity contribution in [3.63, 3.8) is 0 Å². The summed E-state index contributed by atoms with van der Waals surface area (Å²) in [6, 6.07) is 1.53. The van der Waals surface area contributed by atoms with Gasteiger partial charge in [-0.1, -0.05) is 12.1 Å². The predicted octanol–water partition coefficient (Wildman–Crippen LogP) is 0.983. The molecule has 0 spiro atoms. The van der Waals surface area contributed by atoms with Crippen molar-refractivity contribution in [3.8, 4) is 0 Å². The summed E-state index contributed by atoms with van der Waals surface area (Å²) in [6.45, 7) is 1.88. The zero-order valence-electron chi connectivity index (χ0n) is 8.07. The molecule has 1 heterocycles. The highest BCUT2D eigenvalue weighted by molar-refractivity contribution is 6.04. The number of nitrogens with zero attached hydrogens (tertiary/aromatic N) is 1. The normalized spacial score (nSPS) is 9.86. The highest BCUT2D eigenvalue weighted by atomic mass is 16.5. The first-order chi connectivity index (χ1) is 6.67. The Kier molecular flexibility index (Phi) is 3.39. The smallest absolute Gasteiger partial charge is 0.313 e. The third-order valence-corrected chi connectivity index (χ3v) is 1.73. The van der Waals surface area contributed by atoms with E-state index >= 15 is 0 Å². The second-order valence-corrected chi connectivity index (χ2v) is 2.71. The molecule has 0 N–H and O–H groups in total. The summed E-state index contributed by atoms with van der Waals surface area (Å²) in [6.07, 6.45) is 0.366. The Morgan fingerprint density at radius 3 is 2.79 bits per heavy atom. The highest BCUT2D eigenvalue weighted by Gasteiger charge is 2.15. The number of aromatic nitrogens is 1. The summed E-state index contributed by atoms with van der Waals surface area (Å²) in [5, 5.41) is 3.54. The fraction of sp³-hybridized carbons (Fsp3) is 0.444. The Hall–Kier alpha value is -1.65. The van der Waals surface area contributed by atoms with E-state index < -0.39 is 5.97 Å². The number of methoxy groups -OCH3 is 1. The summed E-state index contributed by atoms with van der Waals surface area (Å²) in [4.78, 5) is 22.1. The van der Waals surface area contributed by atoms with Gasteiger partial charge in [0.05, 0.1) is 7.11 Å². The molecule has 0 aromatic carbocycles. The first kappa shape index (κ1) is 10.4. The predicted molar refractivity (Wildman–Crippen MR) is 46.8 cm³/mol. The van der Waals surface area contributed by atoms with Crippen molar-refractivity contribution in [2.45, 2.75) is 19.8 Å². The number of carbonyl (C=O) groups is 2. The van der Waals surface area contributed by atoms with Gasteiger partial charge in [-0.3, -0.25) is 9.59 Å². The Bertz CT molecular complexity index is 342. The molecule has 0 saturated heterocycles. The minimum Gasteiger partial charge on any atom is -0.469 e. The minimum absolute atomic E-state index is 0.173. The number of aryl methyl sites for hydroxylation is 1. The van der Waals surface area contributed by atoms with Crippen LogP contribution in [0.5, 0.6) is 0 Å². The van der Waals surface area contributed by atoms with E-state index in [4.69, 9.17) is 4.52 Å². The monoisotopic (exact) mass is 197 g/mol. The van der Waals surface area contributed by atoms with Gasteiger partial charge in [-0.05, 0) is 0 Å². The van der Waals surface area contributed by atoms with E-state index in [1.165, 1.54) is 13.2 Å². The molecule has 0 fully saturated rings. The molecule has 0 radical (unpaired) electrons. The number of rotatable bonds is 4. The molecule has 0 bridgehead atoms. The molecule has 0 aliphatic rings. The van der Waals surface area contributed by atoms with E-state index in [1.807, 2.05) is 6.92 Å². The summed E-state index contributed by atoms with van der Waals surface area (Å²) < 4.78 is 9.18. The van der Waals surface area contributed by atoms with E-state index in [1.54, 1.807) is 0 Å². The van der Waals surface area contributed by atoms with Crippen LogP contribution in [-0.4, -0.2) is 24.0 Å². The lowest BCUT2D eigenvalue weighted by molar-refractivity contribution is -0.139. The molecule has 1 aromatic rings. The number of Topliss-reactive ketones (excluding diaryl/α,β-unsaturated/α-hetero) is 1. The Morgan fingerprint density at radius 1 is 1.57 bits per heavy atom. The number of esters is 1.